The summed E-state index contributed by atoms with van der Waals surface area (Å²) in [6, 6.07) is 15.3. The van der Waals surface area contributed by atoms with Crippen molar-refractivity contribution in [2.75, 3.05) is 0 Å². The summed E-state index contributed by atoms with van der Waals surface area (Å²) in [6.07, 6.45) is 1.94. The molecule has 0 fully saturated rings. The zero-order chi connectivity index (χ0) is 14.8. The number of fused-ring (bicyclic) bond motifs is 1. The van der Waals surface area contributed by atoms with E-state index in [4.69, 9.17) is 11.6 Å². The second kappa shape index (κ2) is 5.62. The molecule has 2 aromatic carbocycles. The van der Waals surface area contributed by atoms with Gasteiger partial charge in [0.2, 0.25) is 0 Å². The van der Waals surface area contributed by atoms with Gasteiger partial charge in [-0.3, -0.25) is 4.79 Å². The molecule has 106 valence electrons. The maximum absolute atomic E-state index is 11.2. The van der Waals surface area contributed by atoms with Gasteiger partial charge in [0.15, 0.2) is 0 Å². The largest absolute Gasteiger partial charge is 0.481 e. The first-order valence-corrected chi connectivity index (χ1v) is 7.06. The third-order valence-electron chi connectivity index (χ3n) is 3.65. The van der Waals surface area contributed by atoms with Gasteiger partial charge in [-0.15, -0.1) is 0 Å². The lowest BCUT2D eigenvalue weighted by molar-refractivity contribution is -0.137. The number of H-pyrrole nitrogens is 1. The van der Waals surface area contributed by atoms with Crippen LogP contribution < -0.4 is 0 Å². The van der Waals surface area contributed by atoms with E-state index < -0.39 is 5.97 Å². The number of nitrogens with one attached hydrogen (secondary N) is 1. The standard InChI is InChI=1S/C17H14ClNO2/c18-12-7-5-11(6-8-12)14(9-17(20)21)15-10-19-16-4-2-1-3-13(15)16/h1-8,10,14,19H,9H2,(H,20,21). The number of carboxylic acid groups (broad SMARTS) is 1. The molecule has 0 saturated carbocycles. The predicted molar refractivity (Wildman–Crippen MR) is 83.8 cm³/mol. The first kappa shape index (κ1) is 13.7. The number of carboxylic acids is 1. The fourth-order valence-electron chi connectivity index (χ4n) is 2.66. The fourth-order valence-corrected chi connectivity index (χ4v) is 2.79. The second-order valence-electron chi connectivity index (χ2n) is 4.99. The summed E-state index contributed by atoms with van der Waals surface area (Å²) in [7, 11) is 0. The zero-order valence-electron chi connectivity index (χ0n) is 11.2. The third kappa shape index (κ3) is 2.78. The number of benzene rings is 2. The van der Waals surface area contributed by atoms with Crippen LogP contribution in [-0.4, -0.2) is 16.1 Å². The summed E-state index contributed by atoms with van der Waals surface area (Å²) in [5, 5.41) is 10.9. The Morgan fingerprint density at radius 1 is 1.14 bits per heavy atom. The molecule has 0 amide bonds. The van der Waals surface area contributed by atoms with E-state index in [1.807, 2.05) is 42.6 Å². The minimum Gasteiger partial charge on any atom is -0.481 e. The topological polar surface area (TPSA) is 53.1 Å². The molecule has 0 spiro atoms. The van der Waals surface area contributed by atoms with Crippen molar-refractivity contribution in [3.8, 4) is 0 Å². The Balaban J connectivity index is 2.11. The number of para-hydroxylation sites is 1. The Kier molecular flexibility index (Phi) is 3.67. The molecule has 0 aliphatic carbocycles. The Labute approximate surface area is 127 Å². The quantitative estimate of drug-likeness (QED) is 0.749. The van der Waals surface area contributed by atoms with Crippen LogP contribution in [0.15, 0.2) is 54.7 Å². The van der Waals surface area contributed by atoms with Gasteiger partial charge in [0, 0.05) is 28.0 Å². The molecule has 1 aromatic heterocycles. The lowest BCUT2D eigenvalue weighted by Gasteiger charge is -2.15. The summed E-state index contributed by atoms with van der Waals surface area (Å²) in [5.74, 6) is -1.02. The summed E-state index contributed by atoms with van der Waals surface area (Å²) >= 11 is 5.92. The molecule has 2 N–H and O–H groups in total. The molecule has 0 aliphatic rings. The van der Waals surface area contributed by atoms with Gasteiger partial charge in [0.05, 0.1) is 6.42 Å². The van der Waals surface area contributed by atoms with Gasteiger partial charge in [-0.05, 0) is 29.3 Å². The molecule has 1 unspecified atom stereocenters. The van der Waals surface area contributed by atoms with E-state index in [0.29, 0.717) is 5.02 Å². The van der Waals surface area contributed by atoms with Gasteiger partial charge >= 0.3 is 5.97 Å². The highest BCUT2D eigenvalue weighted by atomic mass is 35.5. The van der Waals surface area contributed by atoms with Crippen molar-refractivity contribution in [3.05, 3.63) is 70.9 Å². The Bertz CT molecular complexity index is 777. The van der Waals surface area contributed by atoms with Gasteiger partial charge in [0.1, 0.15) is 0 Å². The highest BCUT2D eigenvalue weighted by molar-refractivity contribution is 6.30. The van der Waals surface area contributed by atoms with Gasteiger partial charge in [-0.2, -0.15) is 0 Å². The molecule has 0 radical (unpaired) electrons. The van der Waals surface area contributed by atoms with Crippen molar-refractivity contribution >= 4 is 28.5 Å². The summed E-state index contributed by atoms with van der Waals surface area (Å²) in [6.45, 7) is 0. The van der Waals surface area contributed by atoms with Crippen LogP contribution in [0.5, 0.6) is 0 Å². The smallest absolute Gasteiger partial charge is 0.304 e. The molecule has 21 heavy (non-hydrogen) atoms. The maximum Gasteiger partial charge on any atom is 0.304 e. The van der Waals surface area contributed by atoms with Gasteiger partial charge in [0.25, 0.3) is 0 Å². The van der Waals surface area contributed by atoms with Gasteiger partial charge in [-0.25, -0.2) is 0 Å². The van der Waals surface area contributed by atoms with E-state index in [-0.39, 0.29) is 12.3 Å². The van der Waals surface area contributed by atoms with Gasteiger partial charge < -0.3 is 10.1 Å². The minimum atomic E-state index is -0.819. The maximum atomic E-state index is 11.2. The monoisotopic (exact) mass is 299 g/mol. The number of hydrogen-bond acceptors (Lipinski definition) is 1. The third-order valence-corrected chi connectivity index (χ3v) is 3.90. The lowest BCUT2D eigenvalue weighted by atomic mass is 9.88. The summed E-state index contributed by atoms with van der Waals surface area (Å²) < 4.78 is 0. The van der Waals surface area contributed by atoms with Crippen LogP contribution in [0.2, 0.25) is 5.02 Å². The molecule has 3 aromatic rings. The number of carbonyl (C=O) groups is 1. The molecule has 0 bridgehead atoms. The van der Waals surface area contributed by atoms with E-state index >= 15 is 0 Å². The molecule has 3 nitrogen and oxygen atoms in total. The molecule has 4 heteroatoms. The summed E-state index contributed by atoms with van der Waals surface area (Å²) in [4.78, 5) is 14.4. The predicted octanol–water partition coefficient (Wildman–Crippen LogP) is 4.43. The number of aliphatic carboxylic acids is 1. The molecular formula is C17H14ClNO2. The summed E-state index contributed by atoms with van der Waals surface area (Å²) in [5.41, 5.74) is 2.96. The normalized spacial score (nSPS) is 12.4. The second-order valence-corrected chi connectivity index (χ2v) is 5.43. The van der Waals surface area contributed by atoms with E-state index in [9.17, 15) is 9.90 Å². The van der Waals surface area contributed by atoms with Crippen LogP contribution in [0.4, 0.5) is 0 Å². The van der Waals surface area contributed by atoms with E-state index in [1.54, 1.807) is 12.1 Å². The van der Waals surface area contributed by atoms with Crippen molar-refractivity contribution in [2.45, 2.75) is 12.3 Å². The van der Waals surface area contributed by atoms with Crippen molar-refractivity contribution in [1.82, 2.24) is 4.98 Å². The number of aromatic nitrogens is 1. The van der Waals surface area contributed by atoms with E-state index in [0.717, 1.165) is 22.0 Å². The Morgan fingerprint density at radius 2 is 1.86 bits per heavy atom. The molecule has 0 aliphatic heterocycles. The molecule has 1 atom stereocenters. The average Bonchev–Trinajstić information content (AvgIpc) is 2.89. The van der Waals surface area contributed by atoms with Crippen molar-refractivity contribution < 1.29 is 9.90 Å². The zero-order valence-corrected chi connectivity index (χ0v) is 12.0. The number of aromatic amines is 1. The highest BCUT2D eigenvalue weighted by Crippen LogP contribution is 2.33. The van der Waals surface area contributed by atoms with Gasteiger partial charge in [-0.1, -0.05) is 41.9 Å². The van der Waals surface area contributed by atoms with Crippen LogP contribution in [0.25, 0.3) is 10.9 Å². The van der Waals surface area contributed by atoms with Crippen LogP contribution >= 0.6 is 11.6 Å². The van der Waals surface area contributed by atoms with Crippen LogP contribution in [0, 0.1) is 0 Å². The number of rotatable bonds is 4. The van der Waals surface area contributed by atoms with Crippen LogP contribution in [0.1, 0.15) is 23.5 Å². The molecule has 3 rings (SSSR count). The van der Waals surface area contributed by atoms with Crippen molar-refractivity contribution in [3.63, 3.8) is 0 Å². The van der Waals surface area contributed by atoms with Crippen molar-refractivity contribution in [1.29, 1.82) is 0 Å². The Hall–Kier alpha value is -2.26. The molecular weight excluding hydrogens is 286 g/mol. The molecule has 1 heterocycles. The number of halogens is 1. The van der Waals surface area contributed by atoms with E-state index in [2.05, 4.69) is 4.98 Å². The lowest BCUT2D eigenvalue weighted by Crippen LogP contribution is -2.07. The highest BCUT2D eigenvalue weighted by Gasteiger charge is 2.20. The average molecular weight is 300 g/mol. The minimum absolute atomic E-state index is 0.0451. The van der Waals surface area contributed by atoms with Crippen LogP contribution in [0.3, 0.4) is 0 Å². The Morgan fingerprint density at radius 3 is 2.57 bits per heavy atom. The fraction of sp³-hybridized carbons (Fsp3) is 0.118. The first-order chi connectivity index (χ1) is 10.1. The first-order valence-electron chi connectivity index (χ1n) is 6.68. The van der Waals surface area contributed by atoms with Crippen molar-refractivity contribution in [2.24, 2.45) is 0 Å². The molecule has 0 saturated heterocycles. The van der Waals surface area contributed by atoms with E-state index in [1.165, 1.54) is 0 Å². The van der Waals surface area contributed by atoms with Crippen LogP contribution in [-0.2, 0) is 4.79 Å². The number of hydrogen-bond donors (Lipinski definition) is 2. The SMILES string of the molecule is O=C(O)CC(c1ccc(Cl)cc1)c1c[nH]c2ccccc12.